The minimum atomic E-state index is 0.533. The lowest BCUT2D eigenvalue weighted by molar-refractivity contribution is 0.632. The molecule has 0 bridgehead atoms. The van der Waals surface area contributed by atoms with Crippen molar-refractivity contribution in [3.63, 3.8) is 0 Å². The minimum absolute atomic E-state index is 0.533. The smallest absolute Gasteiger partial charge is 0.165 e. The Morgan fingerprint density at radius 2 is 2.05 bits per heavy atom. The number of aromatic nitrogens is 4. The summed E-state index contributed by atoms with van der Waals surface area (Å²) in [6.45, 7) is 6.29. The van der Waals surface area contributed by atoms with E-state index < -0.39 is 0 Å². The van der Waals surface area contributed by atoms with E-state index in [9.17, 15) is 0 Å². The molecule has 2 N–H and O–H groups in total. The quantitative estimate of drug-likeness (QED) is 0.842. The number of rotatable bonds is 3. The fraction of sp³-hybridized carbons (Fsp3) is 0.462. The summed E-state index contributed by atoms with van der Waals surface area (Å²) in [5.41, 5.74) is 8.88. The van der Waals surface area contributed by atoms with Crippen LogP contribution in [-0.4, -0.2) is 19.7 Å². The van der Waals surface area contributed by atoms with Gasteiger partial charge in [0.25, 0.3) is 0 Å². The zero-order valence-corrected chi connectivity index (χ0v) is 13.8. The van der Waals surface area contributed by atoms with Gasteiger partial charge in [0.15, 0.2) is 5.82 Å². The average molecular weight is 371 g/mol. The number of aryl methyl sites for hydroxylation is 2. The monoisotopic (exact) mass is 371 g/mol. The van der Waals surface area contributed by atoms with Gasteiger partial charge >= 0.3 is 0 Å². The summed E-state index contributed by atoms with van der Waals surface area (Å²) >= 11 is 2.22. The van der Waals surface area contributed by atoms with Gasteiger partial charge in [-0.25, -0.2) is 9.97 Å². The highest BCUT2D eigenvalue weighted by Crippen LogP contribution is 2.25. The topological polar surface area (TPSA) is 69.6 Å². The van der Waals surface area contributed by atoms with Crippen molar-refractivity contribution >= 4 is 28.4 Å². The van der Waals surface area contributed by atoms with Crippen LogP contribution >= 0.6 is 22.6 Å². The van der Waals surface area contributed by atoms with Gasteiger partial charge in [-0.15, -0.1) is 0 Å². The summed E-state index contributed by atoms with van der Waals surface area (Å²) < 4.78 is 2.72. The van der Waals surface area contributed by atoms with Crippen LogP contribution in [0.3, 0.4) is 0 Å². The van der Waals surface area contributed by atoms with E-state index in [0.29, 0.717) is 17.6 Å². The highest BCUT2D eigenvalue weighted by molar-refractivity contribution is 14.1. The van der Waals surface area contributed by atoms with E-state index in [1.807, 2.05) is 20.2 Å². The summed E-state index contributed by atoms with van der Waals surface area (Å²) in [5.74, 6) is 1.74. The van der Waals surface area contributed by atoms with E-state index in [1.54, 1.807) is 4.68 Å². The molecule has 0 atom stereocenters. The third-order valence-electron chi connectivity index (χ3n) is 2.80. The van der Waals surface area contributed by atoms with Crippen LogP contribution in [0.15, 0.2) is 6.20 Å². The molecular formula is C13H18IN5. The molecule has 102 valence electrons. The third-order valence-corrected chi connectivity index (χ3v) is 3.98. The van der Waals surface area contributed by atoms with Gasteiger partial charge in [0.05, 0.1) is 20.5 Å². The van der Waals surface area contributed by atoms with Crippen LogP contribution in [0.1, 0.15) is 25.2 Å². The van der Waals surface area contributed by atoms with Crippen molar-refractivity contribution in [2.45, 2.75) is 27.2 Å². The molecule has 2 heterocycles. The summed E-state index contributed by atoms with van der Waals surface area (Å²) in [5, 5.41) is 4.32. The summed E-state index contributed by atoms with van der Waals surface area (Å²) in [6, 6.07) is 0. The van der Waals surface area contributed by atoms with E-state index >= 15 is 0 Å². The maximum absolute atomic E-state index is 6.01. The Labute approximate surface area is 126 Å². The molecule has 2 aromatic heterocycles. The Bertz CT molecular complexity index is 603. The average Bonchev–Trinajstić information content (AvgIpc) is 2.63. The molecule has 0 fully saturated rings. The predicted octanol–water partition coefficient (Wildman–Crippen LogP) is 2.57. The van der Waals surface area contributed by atoms with Crippen LogP contribution in [0.2, 0.25) is 0 Å². The van der Waals surface area contributed by atoms with Gasteiger partial charge in [0.1, 0.15) is 5.82 Å². The van der Waals surface area contributed by atoms with E-state index in [0.717, 1.165) is 26.9 Å². The molecule has 5 nitrogen and oxygen atoms in total. The number of halogens is 1. The summed E-state index contributed by atoms with van der Waals surface area (Å²) in [6.07, 6.45) is 2.83. The van der Waals surface area contributed by atoms with Gasteiger partial charge in [0.2, 0.25) is 0 Å². The molecule has 0 aliphatic rings. The number of nitrogens with two attached hydrogens (primary N) is 1. The molecule has 0 aliphatic heterocycles. The Hall–Kier alpha value is -1.18. The molecule has 0 amide bonds. The van der Waals surface area contributed by atoms with Gasteiger partial charge in [0, 0.05) is 13.2 Å². The van der Waals surface area contributed by atoms with Crippen molar-refractivity contribution < 1.29 is 0 Å². The highest BCUT2D eigenvalue weighted by atomic mass is 127. The Morgan fingerprint density at radius 1 is 1.37 bits per heavy atom. The maximum Gasteiger partial charge on any atom is 0.165 e. The standard InChI is InChI=1S/C13H18IN5/c1-7(2)5-10-11(14)12(15)17-13(16-10)9-6-19(4)18-8(9)3/h6-7H,5H2,1-4H3,(H2,15,16,17). The second kappa shape index (κ2) is 5.44. The number of nitrogen functional groups attached to an aromatic ring is 1. The molecule has 19 heavy (non-hydrogen) atoms. The van der Waals surface area contributed by atoms with Gasteiger partial charge in [-0.3, -0.25) is 4.68 Å². The first kappa shape index (κ1) is 14.2. The highest BCUT2D eigenvalue weighted by Gasteiger charge is 2.15. The summed E-state index contributed by atoms with van der Waals surface area (Å²) in [4.78, 5) is 9.06. The fourth-order valence-corrected chi connectivity index (χ4v) is 2.44. The molecule has 0 spiro atoms. The SMILES string of the molecule is Cc1nn(C)cc1-c1nc(N)c(I)c(CC(C)C)n1. The zero-order chi connectivity index (χ0) is 14.2. The molecule has 0 saturated carbocycles. The largest absolute Gasteiger partial charge is 0.383 e. The van der Waals surface area contributed by atoms with E-state index in [4.69, 9.17) is 5.73 Å². The van der Waals surface area contributed by atoms with Crippen molar-refractivity contribution in [1.82, 2.24) is 19.7 Å². The first-order valence-electron chi connectivity index (χ1n) is 6.21. The molecule has 2 rings (SSSR count). The second-order valence-electron chi connectivity index (χ2n) is 5.09. The van der Waals surface area contributed by atoms with Gasteiger partial charge < -0.3 is 5.73 Å². The van der Waals surface area contributed by atoms with Gasteiger partial charge in [-0.05, 0) is 41.9 Å². The van der Waals surface area contributed by atoms with Crippen molar-refractivity contribution in [2.75, 3.05) is 5.73 Å². The number of hydrogen-bond acceptors (Lipinski definition) is 4. The first-order chi connectivity index (χ1) is 8.88. The molecule has 2 aromatic rings. The van der Waals surface area contributed by atoms with Crippen LogP contribution < -0.4 is 5.73 Å². The van der Waals surface area contributed by atoms with Crippen LogP contribution in [0, 0.1) is 16.4 Å². The van der Waals surface area contributed by atoms with Gasteiger partial charge in [-0.1, -0.05) is 13.8 Å². The number of anilines is 1. The van der Waals surface area contributed by atoms with Crippen LogP contribution in [0.5, 0.6) is 0 Å². The summed E-state index contributed by atoms with van der Waals surface area (Å²) in [7, 11) is 1.89. The molecular weight excluding hydrogens is 353 g/mol. The lowest BCUT2D eigenvalue weighted by Crippen LogP contribution is -2.07. The lowest BCUT2D eigenvalue weighted by Gasteiger charge is -2.10. The molecule has 0 radical (unpaired) electrons. The molecule has 6 heteroatoms. The molecule has 0 saturated heterocycles. The maximum atomic E-state index is 6.01. The number of nitrogens with zero attached hydrogens (tertiary/aromatic N) is 4. The number of hydrogen-bond donors (Lipinski definition) is 1. The van der Waals surface area contributed by atoms with E-state index in [-0.39, 0.29) is 0 Å². The van der Waals surface area contributed by atoms with Crippen molar-refractivity contribution in [3.8, 4) is 11.4 Å². The Kier molecular flexibility index (Phi) is 4.07. The van der Waals surface area contributed by atoms with Crippen LogP contribution in [-0.2, 0) is 13.5 Å². The fourth-order valence-electron chi connectivity index (χ4n) is 1.97. The van der Waals surface area contributed by atoms with Gasteiger partial charge in [-0.2, -0.15) is 5.10 Å². The van der Waals surface area contributed by atoms with Crippen molar-refractivity contribution in [1.29, 1.82) is 0 Å². The predicted molar refractivity (Wildman–Crippen MR) is 84.6 cm³/mol. The lowest BCUT2D eigenvalue weighted by atomic mass is 10.1. The Morgan fingerprint density at radius 3 is 2.58 bits per heavy atom. The first-order valence-corrected chi connectivity index (χ1v) is 7.29. The molecule has 0 unspecified atom stereocenters. The zero-order valence-electron chi connectivity index (χ0n) is 11.6. The Balaban J connectivity index is 2.53. The van der Waals surface area contributed by atoms with E-state index in [2.05, 4.69) is 51.5 Å². The van der Waals surface area contributed by atoms with Crippen LogP contribution in [0.4, 0.5) is 5.82 Å². The van der Waals surface area contributed by atoms with Crippen molar-refractivity contribution in [2.24, 2.45) is 13.0 Å². The second-order valence-corrected chi connectivity index (χ2v) is 6.17. The van der Waals surface area contributed by atoms with Crippen LogP contribution in [0.25, 0.3) is 11.4 Å². The minimum Gasteiger partial charge on any atom is -0.383 e. The third kappa shape index (κ3) is 3.05. The van der Waals surface area contributed by atoms with E-state index in [1.165, 1.54) is 0 Å². The normalized spacial score (nSPS) is 11.3. The molecule has 0 aliphatic carbocycles. The molecule has 0 aromatic carbocycles. The van der Waals surface area contributed by atoms with Crippen molar-refractivity contribution in [3.05, 3.63) is 21.2 Å².